The lowest BCUT2D eigenvalue weighted by Crippen LogP contribution is -2.58. The van der Waals surface area contributed by atoms with Gasteiger partial charge in [-0.3, -0.25) is 9.59 Å². The lowest BCUT2D eigenvalue weighted by atomic mass is 10.1. The molecule has 0 atom stereocenters. The molecule has 8 nitrogen and oxygen atoms in total. The van der Waals surface area contributed by atoms with Crippen LogP contribution in [-0.2, 0) is 0 Å². The number of rotatable bonds is 6. The maximum absolute atomic E-state index is 13.5. The maximum Gasteiger partial charge on any atom is 0.282 e. The van der Waals surface area contributed by atoms with Crippen molar-refractivity contribution in [2.75, 3.05) is 29.9 Å². The van der Waals surface area contributed by atoms with Crippen LogP contribution in [0.2, 0.25) is 10.0 Å². The number of alkyl halides is 2. The maximum atomic E-state index is 13.5. The first-order chi connectivity index (χ1) is 17.1. The second-order valence-electron chi connectivity index (χ2n) is 8.15. The van der Waals surface area contributed by atoms with Crippen molar-refractivity contribution in [1.82, 2.24) is 19.7 Å². The van der Waals surface area contributed by atoms with Crippen molar-refractivity contribution in [3.05, 3.63) is 62.3 Å². The van der Waals surface area contributed by atoms with E-state index in [0.717, 1.165) is 16.4 Å². The number of nitrogens with one attached hydrogen (secondary N) is 1. The van der Waals surface area contributed by atoms with Crippen LogP contribution in [0.3, 0.4) is 0 Å². The first-order valence-corrected chi connectivity index (χ1v) is 13.2. The zero-order valence-electron chi connectivity index (χ0n) is 18.2. The Morgan fingerprint density at radius 2 is 1.97 bits per heavy atom. The monoisotopic (exact) mass is 617 g/mol. The number of hydrogen-bond donors (Lipinski definition) is 1. The number of ether oxygens (including phenoxy) is 1. The second kappa shape index (κ2) is 9.81. The van der Waals surface area contributed by atoms with Crippen LogP contribution in [0.4, 0.5) is 14.5 Å². The molecule has 4 heterocycles. The smallest absolute Gasteiger partial charge is 0.282 e. The van der Waals surface area contributed by atoms with E-state index in [1.54, 1.807) is 23.9 Å². The quantitative estimate of drug-likeness (QED) is 0.410. The number of hydrogen-bond acceptors (Lipinski definition) is 6. The van der Waals surface area contributed by atoms with E-state index in [1.807, 2.05) is 0 Å². The molecule has 0 saturated carbocycles. The van der Waals surface area contributed by atoms with Gasteiger partial charge in [-0.15, -0.1) is 5.10 Å². The number of likely N-dealkylation sites (tertiary alicyclic amines) is 1. The molecule has 2 aliphatic heterocycles. The van der Waals surface area contributed by atoms with Crippen molar-refractivity contribution >= 4 is 68.4 Å². The predicted molar refractivity (Wildman–Crippen MR) is 136 cm³/mol. The normalized spacial score (nSPS) is 16.8. The van der Waals surface area contributed by atoms with E-state index >= 15 is 0 Å². The highest BCUT2D eigenvalue weighted by atomic mass is 79.9. The summed E-state index contributed by atoms with van der Waals surface area (Å²) in [5.74, 6) is -2.27. The van der Waals surface area contributed by atoms with Gasteiger partial charge in [-0.2, -0.15) is 11.8 Å². The van der Waals surface area contributed by atoms with E-state index in [9.17, 15) is 18.4 Å². The number of pyridine rings is 1. The second-order valence-corrected chi connectivity index (χ2v) is 10.9. The van der Waals surface area contributed by atoms with E-state index in [1.165, 1.54) is 29.1 Å². The van der Waals surface area contributed by atoms with Crippen LogP contribution in [0.15, 0.2) is 41.0 Å². The Balaban J connectivity index is 1.49. The SMILES string of the molecule is O=C(Nc1c(Br)cc(Cl)cc1C(=O)N1CC(F)(F)C1)c1cc(OC2CSC2)nn1-c1ncccc1Cl. The third-order valence-corrected chi connectivity index (χ3v) is 7.76. The third kappa shape index (κ3) is 5.04. The van der Waals surface area contributed by atoms with E-state index in [4.69, 9.17) is 27.9 Å². The molecule has 1 aromatic carbocycles. The van der Waals surface area contributed by atoms with Gasteiger partial charge >= 0.3 is 0 Å². The molecule has 3 aromatic rings. The van der Waals surface area contributed by atoms with Gasteiger partial charge in [0, 0.05) is 33.3 Å². The van der Waals surface area contributed by atoms with Gasteiger partial charge in [-0.1, -0.05) is 23.2 Å². The first kappa shape index (κ1) is 25.2. The Bertz CT molecular complexity index is 1360. The van der Waals surface area contributed by atoms with Gasteiger partial charge in [0.2, 0.25) is 5.88 Å². The van der Waals surface area contributed by atoms with Gasteiger partial charge in [0.15, 0.2) is 5.82 Å². The number of carbonyl (C=O) groups excluding carboxylic acids is 2. The number of halogens is 5. The lowest BCUT2D eigenvalue weighted by Gasteiger charge is -2.39. The van der Waals surface area contributed by atoms with Crippen molar-refractivity contribution in [3.63, 3.8) is 0 Å². The minimum Gasteiger partial charge on any atom is -0.472 e. The highest BCUT2D eigenvalue weighted by Crippen LogP contribution is 2.35. The van der Waals surface area contributed by atoms with E-state index < -0.39 is 30.8 Å². The minimum absolute atomic E-state index is 0.0299. The zero-order valence-corrected chi connectivity index (χ0v) is 22.1. The molecule has 2 aliphatic rings. The van der Waals surface area contributed by atoms with Gasteiger partial charge in [0.25, 0.3) is 17.7 Å². The summed E-state index contributed by atoms with van der Waals surface area (Å²) in [5, 5.41) is 7.50. The van der Waals surface area contributed by atoms with Crippen molar-refractivity contribution < 1.29 is 23.1 Å². The number of nitrogens with zero attached hydrogens (tertiary/aromatic N) is 4. The van der Waals surface area contributed by atoms with E-state index in [0.29, 0.717) is 4.47 Å². The third-order valence-electron chi connectivity index (χ3n) is 5.41. The topological polar surface area (TPSA) is 89.4 Å². The van der Waals surface area contributed by atoms with Crippen LogP contribution < -0.4 is 10.1 Å². The molecule has 2 aromatic heterocycles. The fourth-order valence-corrected chi connectivity index (χ4v) is 5.27. The molecule has 0 radical (unpaired) electrons. The first-order valence-electron chi connectivity index (χ1n) is 10.5. The molecule has 0 aliphatic carbocycles. The fourth-order valence-electron chi connectivity index (χ4n) is 3.60. The molecule has 36 heavy (non-hydrogen) atoms. The summed E-state index contributed by atoms with van der Waals surface area (Å²) in [6.07, 6.45) is 1.47. The Labute approximate surface area is 226 Å². The summed E-state index contributed by atoms with van der Waals surface area (Å²) in [4.78, 5) is 31.6. The van der Waals surface area contributed by atoms with Crippen LogP contribution in [0.25, 0.3) is 5.82 Å². The number of amides is 2. The fraction of sp³-hybridized carbons (Fsp3) is 0.273. The molecule has 0 spiro atoms. The van der Waals surface area contributed by atoms with Gasteiger partial charge in [0.1, 0.15) is 11.8 Å². The summed E-state index contributed by atoms with van der Waals surface area (Å²) in [7, 11) is 0. The van der Waals surface area contributed by atoms with Crippen molar-refractivity contribution in [2.45, 2.75) is 12.0 Å². The average Bonchev–Trinajstić information content (AvgIpc) is 3.20. The summed E-state index contributed by atoms with van der Waals surface area (Å²) >= 11 is 17.5. The molecule has 0 unspecified atom stereocenters. The molecule has 14 heteroatoms. The average molecular weight is 619 g/mol. The summed E-state index contributed by atoms with van der Waals surface area (Å²) in [6.45, 7) is -1.43. The van der Waals surface area contributed by atoms with Gasteiger partial charge in [0.05, 0.1) is 29.4 Å². The Morgan fingerprint density at radius 1 is 1.22 bits per heavy atom. The Hall–Kier alpha value is -2.41. The molecule has 2 saturated heterocycles. The highest BCUT2D eigenvalue weighted by molar-refractivity contribution is 9.10. The number of anilines is 1. The Morgan fingerprint density at radius 3 is 2.61 bits per heavy atom. The standard InChI is InChI=1S/C22H16BrCl2F2N5O3S/c23-14-5-11(24)4-13(21(34)31-9-22(26,27)10-31)18(14)29-20(33)16-6-17(35-12-7-36-8-12)30-32(16)19-15(25)2-1-3-28-19/h1-6,12H,7-10H2,(H,29,33). The van der Waals surface area contributed by atoms with Gasteiger partial charge in [-0.25, -0.2) is 18.4 Å². The molecule has 2 fully saturated rings. The molecular weight excluding hydrogens is 603 g/mol. The number of aromatic nitrogens is 3. The minimum atomic E-state index is -2.95. The molecule has 5 rings (SSSR count). The van der Waals surface area contributed by atoms with E-state index in [2.05, 4.69) is 31.3 Å². The Kier molecular flexibility index (Phi) is 6.88. The summed E-state index contributed by atoms with van der Waals surface area (Å²) in [6, 6.07) is 7.49. The predicted octanol–water partition coefficient (Wildman–Crippen LogP) is 5.17. The molecule has 188 valence electrons. The number of carbonyl (C=O) groups is 2. The highest BCUT2D eigenvalue weighted by Gasteiger charge is 2.47. The largest absolute Gasteiger partial charge is 0.472 e. The number of benzene rings is 1. The molecule has 2 amide bonds. The zero-order chi connectivity index (χ0) is 25.6. The van der Waals surface area contributed by atoms with Crippen LogP contribution in [0, 0.1) is 0 Å². The van der Waals surface area contributed by atoms with E-state index in [-0.39, 0.29) is 44.8 Å². The van der Waals surface area contributed by atoms with Crippen LogP contribution in [-0.4, -0.2) is 68.1 Å². The molecular formula is C22H16BrCl2F2N5O3S. The van der Waals surface area contributed by atoms with Gasteiger partial charge < -0.3 is 15.0 Å². The summed E-state index contributed by atoms with van der Waals surface area (Å²) < 4.78 is 34.1. The van der Waals surface area contributed by atoms with Crippen molar-refractivity contribution in [1.29, 1.82) is 0 Å². The van der Waals surface area contributed by atoms with Crippen LogP contribution >= 0.6 is 50.9 Å². The van der Waals surface area contributed by atoms with Crippen molar-refractivity contribution in [2.24, 2.45) is 0 Å². The molecule has 1 N–H and O–H groups in total. The van der Waals surface area contributed by atoms with Crippen molar-refractivity contribution in [3.8, 4) is 11.7 Å². The summed E-state index contributed by atoms with van der Waals surface area (Å²) in [5.41, 5.74) is 0.0683. The number of thioether (sulfide) groups is 1. The molecule has 0 bridgehead atoms. The van der Waals surface area contributed by atoms with Crippen LogP contribution in [0.5, 0.6) is 5.88 Å². The van der Waals surface area contributed by atoms with Gasteiger partial charge in [-0.05, 0) is 40.2 Å². The van der Waals surface area contributed by atoms with Crippen LogP contribution in [0.1, 0.15) is 20.8 Å². The lowest BCUT2D eigenvalue weighted by molar-refractivity contribution is -0.113.